The minimum Gasteiger partial charge on any atom is -0.368 e. The molecule has 0 spiro atoms. The van der Waals surface area contributed by atoms with Gasteiger partial charge in [-0.25, -0.2) is 0 Å². The molecule has 0 fully saturated rings. The van der Waals surface area contributed by atoms with Gasteiger partial charge in [0.25, 0.3) is 0 Å². The van der Waals surface area contributed by atoms with E-state index in [1.165, 1.54) is 12.8 Å². The highest BCUT2D eigenvalue weighted by Gasteiger charge is 2.13. The summed E-state index contributed by atoms with van der Waals surface area (Å²) in [7, 11) is 0. The van der Waals surface area contributed by atoms with E-state index < -0.39 is 0 Å². The van der Waals surface area contributed by atoms with E-state index in [2.05, 4.69) is 20.8 Å². The van der Waals surface area contributed by atoms with E-state index in [1.807, 2.05) is 20.8 Å². The summed E-state index contributed by atoms with van der Waals surface area (Å²) < 4.78 is 5.45. The lowest BCUT2D eigenvalue weighted by Gasteiger charge is -2.19. The highest BCUT2D eigenvalue weighted by atomic mass is 16.5. The van der Waals surface area contributed by atoms with Crippen LogP contribution in [0.2, 0.25) is 0 Å². The molecule has 0 aromatic rings. The molecule has 0 aromatic carbocycles. The van der Waals surface area contributed by atoms with Gasteiger partial charge in [0.1, 0.15) is 6.61 Å². The Hall–Kier alpha value is -0.370. The van der Waals surface area contributed by atoms with Crippen LogP contribution in [0, 0.1) is 5.41 Å². The molecule has 2 nitrogen and oxygen atoms in total. The Morgan fingerprint density at radius 1 is 0.941 bits per heavy atom. The largest absolute Gasteiger partial charge is 0.368 e. The molecule has 0 bridgehead atoms. The highest BCUT2D eigenvalue weighted by molar-refractivity contribution is 5.79. The maximum atomic E-state index is 11.5. The van der Waals surface area contributed by atoms with Gasteiger partial charge in [0, 0.05) is 6.42 Å². The molecule has 0 heterocycles. The van der Waals surface area contributed by atoms with Crippen molar-refractivity contribution in [3.8, 4) is 0 Å². The molecule has 0 aliphatic rings. The van der Waals surface area contributed by atoms with Crippen LogP contribution in [0.4, 0.5) is 0 Å². The highest BCUT2D eigenvalue weighted by Crippen LogP contribution is 2.22. The Morgan fingerprint density at radius 3 is 2.00 bits per heavy atom. The molecule has 0 radical (unpaired) electrons. The van der Waals surface area contributed by atoms with Crippen molar-refractivity contribution >= 4 is 5.78 Å². The molecule has 0 atom stereocenters. The fourth-order valence-electron chi connectivity index (χ4n) is 1.52. The average molecular weight is 242 g/mol. The zero-order chi connectivity index (χ0) is 13.5. The van der Waals surface area contributed by atoms with Crippen molar-refractivity contribution in [1.29, 1.82) is 0 Å². The third kappa shape index (κ3) is 13.6. The van der Waals surface area contributed by atoms with Crippen LogP contribution >= 0.6 is 0 Å². The van der Waals surface area contributed by atoms with Crippen molar-refractivity contribution in [2.24, 2.45) is 5.41 Å². The van der Waals surface area contributed by atoms with Crippen LogP contribution in [0.25, 0.3) is 0 Å². The maximum absolute atomic E-state index is 11.5. The summed E-state index contributed by atoms with van der Waals surface area (Å²) in [6, 6.07) is 0. The molecule has 0 saturated carbocycles. The monoisotopic (exact) mass is 242 g/mol. The minimum absolute atomic E-state index is 0.206. The van der Waals surface area contributed by atoms with Gasteiger partial charge in [0.05, 0.1) is 5.60 Å². The average Bonchev–Trinajstić information content (AvgIpc) is 2.11. The topological polar surface area (TPSA) is 26.3 Å². The summed E-state index contributed by atoms with van der Waals surface area (Å²) in [5, 5.41) is 0. The van der Waals surface area contributed by atoms with Crippen LogP contribution in [-0.2, 0) is 9.53 Å². The molecule has 0 rings (SSSR count). The van der Waals surface area contributed by atoms with E-state index in [1.54, 1.807) is 0 Å². The van der Waals surface area contributed by atoms with Gasteiger partial charge in [-0.1, -0.05) is 33.6 Å². The Bertz CT molecular complexity index is 218. The molecular formula is C15H30O2. The molecule has 0 aromatic heterocycles. The third-order valence-corrected chi connectivity index (χ3v) is 2.55. The lowest BCUT2D eigenvalue weighted by molar-refractivity contribution is -0.128. The van der Waals surface area contributed by atoms with Crippen LogP contribution < -0.4 is 0 Å². The summed E-state index contributed by atoms with van der Waals surface area (Å²) in [6.45, 7) is 13.0. The Balaban J connectivity index is 3.47. The molecule has 17 heavy (non-hydrogen) atoms. The molecule has 0 N–H and O–H groups in total. The van der Waals surface area contributed by atoms with Crippen LogP contribution in [0.1, 0.15) is 73.6 Å². The number of Topliss-reactive ketones (excluding diaryl/α,β-unsaturated/α-hetero) is 1. The minimum atomic E-state index is -0.206. The maximum Gasteiger partial charge on any atom is 0.158 e. The van der Waals surface area contributed by atoms with E-state index in [0.29, 0.717) is 11.8 Å². The first kappa shape index (κ1) is 16.6. The van der Waals surface area contributed by atoms with E-state index >= 15 is 0 Å². The molecule has 2 heteroatoms. The fraction of sp³-hybridized carbons (Fsp3) is 0.933. The number of carbonyl (C=O) groups excluding carboxylic acids is 1. The fourth-order valence-corrected chi connectivity index (χ4v) is 1.52. The number of hydrogen-bond acceptors (Lipinski definition) is 2. The Kier molecular flexibility index (Phi) is 6.99. The number of unbranched alkanes of at least 4 members (excludes halogenated alkanes) is 2. The van der Waals surface area contributed by atoms with Gasteiger partial charge in [0.15, 0.2) is 5.78 Å². The zero-order valence-electron chi connectivity index (χ0n) is 12.6. The predicted octanol–water partition coefficient (Wildman–Crippen LogP) is 4.37. The van der Waals surface area contributed by atoms with Gasteiger partial charge in [-0.05, 0) is 39.0 Å². The molecule has 102 valence electrons. The van der Waals surface area contributed by atoms with Crippen LogP contribution in [0.5, 0.6) is 0 Å². The summed E-state index contributed by atoms with van der Waals surface area (Å²) in [6.07, 6.45) is 5.28. The van der Waals surface area contributed by atoms with Crippen LogP contribution in [-0.4, -0.2) is 18.0 Å². The van der Waals surface area contributed by atoms with E-state index in [-0.39, 0.29) is 18.0 Å². The van der Waals surface area contributed by atoms with Gasteiger partial charge in [0.2, 0.25) is 0 Å². The molecule has 0 aliphatic heterocycles. The number of carbonyl (C=O) groups is 1. The lowest BCUT2D eigenvalue weighted by Crippen LogP contribution is -2.23. The first-order valence-electron chi connectivity index (χ1n) is 6.76. The second-order valence-corrected chi connectivity index (χ2v) is 7.06. The second-order valence-electron chi connectivity index (χ2n) is 7.06. The quantitative estimate of drug-likeness (QED) is 0.620. The summed E-state index contributed by atoms with van der Waals surface area (Å²) in [4.78, 5) is 11.5. The first-order chi connectivity index (χ1) is 7.60. The summed E-state index contributed by atoms with van der Waals surface area (Å²) in [5.41, 5.74) is 0.210. The van der Waals surface area contributed by atoms with Gasteiger partial charge in [-0.2, -0.15) is 0 Å². The first-order valence-corrected chi connectivity index (χ1v) is 6.76. The van der Waals surface area contributed by atoms with Crippen molar-refractivity contribution < 1.29 is 9.53 Å². The smallest absolute Gasteiger partial charge is 0.158 e. The SMILES string of the molecule is CC(C)(C)CCCCCC(=O)COC(C)(C)C. The standard InChI is InChI=1S/C15H30O2/c1-14(2,3)11-9-7-8-10-13(16)12-17-15(4,5)6/h7-12H2,1-6H3. The van der Waals surface area contributed by atoms with Crippen molar-refractivity contribution in [1.82, 2.24) is 0 Å². The van der Waals surface area contributed by atoms with Crippen molar-refractivity contribution in [2.45, 2.75) is 79.2 Å². The Morgan fingerprint density at radius 2 is 1.53 bits per heavy atom. The normalized spacial score (nSPS) is 12.8. The molecule has 0 amide bonds. The van der Waals surface area contributed by atoms with E-state index in [9.17, 15) is 4.79 Å². The summed E-state index contributed by atoms with van der Waals surface area (Å²) >= 11 is 0. The number of ether oxygens (including phenoxy) is 1. The summed E-state index contributed by atoms with van der Waals surface area (Å²) in [5.74, 6) is 0.232. The van der Waals surface area contributed by atoms with Crippen molar-refractivity contribution in [3.05, 3.63) is 0 Å². The van der Waals surface area contributed by atoms with Crippen molar-refractivity contribution in [2.75, 3.05) is 6.61 Å². The molecule has 0 unspecified atom stereocenters. The number of rotatable bonds is 7. The molecule has 0 saturated heterocycles. The molecular weight excluding hydrogens is 212 g/mol. The second kappa shape index (κ2) is 7.15. The van der Waals surface area contributed by atoms with Crippen LogP contribution in [0.3, 0.4) is 0 Å². The molecule has 0 aliphatic carbocycles. The number of hydrogen-bond donors (Lipinski definition) is 0. The number of ketones is 1. The van der Waals surface area contributed by atoms with Gasteiger partial charge >= 0.3 is 0 Å². The van der Waals surface area contributed by atoms with Crippen LogP contribution in [0.15, 0.2) is 0 Å². The lowest BCUT2D eigenvalue weighted by atomic mass is 9.89. The van der Waals surface area contributed by atoms with Gasteiger partial charge in [-0.3, -0.25) is 4.79 Å². The predicted molar refractivity (Wildman–Crippen MR) is 73.3 cm³/mol. The third-order valence-electron chi connectivity index (χ3n) is 2.55. The Labute approximate surface area is 107 Å². The van der Waals surface area contributed by atoms with E-state index in [4.69, 9.17) is 4.74 Å². The zero-order valence-corrected chi connectivity index (χ0v) is 12.6. The van der Waals surface area contributed by atoms with E-state index in [0.717, 1.165) is 12.8 Å². The van der Waals surface area contributed by atoms with Crippen molar-refractivity contribution in [3.63, 3.8) is 0 Å². The van der Waals surface area contributed by atoms with Gasteiger partial charge < -0.3 is 4.74 Å². The van der Waals surface area contributed by atoms with Gasteiger partial charge in [-0.15, -0.1) is 0 Å².